The topological polar surface area (TPSA) is 46.5 Å². The molecule has 1 atom stereocenters. The molecule has 0 heterocycles. The van der Waals surface area contributed by atoms with Crippen LogP contribution in [0.4, 0.5) is 0 Å². The van der Waals surface area contributed by atoms with E-state index in [1.54, 1.807) is 13.0 Å². The van der Waals surface area contributed by atoms with E-state index in [-0.39, 0.29) is 5.97 Å². The second kappa shape index (κ2) is 8.48. The van der Waals surface area contributed by atoms with E-state index in [4.69, 9.17) is 4.74 Å². The maximum absolute atomic E-state index is 11.3. The molecule has 0 aliphatic rings. The van der Waals surface area contributed by atoms with Crippen molar-refractivity contribution in [2.75, 3.05) is 6.61 Å². The van der Waals surface area contributed by atoms with Crippen LogP contribution in [0.5, 0.6) is 0 Å². The van der Waals surface area contributed by atoms with Gasteiger partial charge in [-0.3, -0.25) is 4.79 Å². The lowest BCUT2D eigenvalue weighted by Crippen LogP contribution is -2.05. The van der Waals surface area contributed by atoms with Crippen LogP contribution < -0.4 is 0 Å². The number of carbonyl (C=O) groups is 1. The summed E-state index contributed by atoms with van der Waals surface area (Å²) in [6.45, 7) is 5.86. The molecule has 19 heavy (non-hydrogen) atoms. The Morgan fingerprint density at radius 3 is 3.00 bits per heavy atom. The fourth-order valence-corrected chi connectivity index (χ4v) is 1.88. The monoisotopic (exact) mass is 262 g/mol. The highest BCUT2D eigenvalue weighted by Crippen LogP contribution is 2.20. The summed E-state index contributed by atoms with van der Waals surface area (Å²) >= 11 is 0. The molecule has 0 saturated carbocycles. The van der Waals surface area contributed by atoms with Gasteiger partial charge in [-0.05, 0) is 37.3 Å². The van der Waals surface area contributed by atoms with Gasteiger partial charge in [0.25, 0.3) is 0 Å². The minimum Gasteiger partial charge on any atom is -0.466 e. The highest BCUT2D eigenvalue weighted by Gasteiger charge is 2.08. The number of aliphatic hydroxyl groups is 1. The lowest BCUT2D eigenvalue weighted by atomic mass is 10.0. The first-order valence-electron chi connectivity index (χ1n) is 6.70. The normalized spacial score (nSPS) is 11.9. The molecule has 1 aromatic carbocycles. The van der Waals surface area contributed by atoms with Crippen LogP contribution in [0.15, 0.2) is 36.9 Å². The predicted molar refractivity (Wildman–Crippen MR) is 75.8 cm³/mol. The summed E-state index contributed by atoms with van der Waals surface area (Å²) in [6, 6.07) is 7.73. The van der Waals surface area contributed by atoms with Gasteiger partial charge in [-0.25, -0.2) is 0 Å². The Kier molecular flexibility index (Phi) is 6.90. The molecule has 1 N–H and O–H groups in total. The number of carbonyl (C=O) groups excluding carboxylic acids is 1. The summed E-state index contributed by atoms with van der Waals surface area (Å²) < 4.78 is 4.90. The Bertz CT molecular complexity index is 412. The van der Waals surface area contributed by atoms with Crippen LogP contribution in [0.25, 0.3) is 0 Å². The second-order valence-electron chi connectivity index (χ2n) is 4.43. The molecule has 0 amide bonds. The minimum atomic E-state index is -0.472. The van der Waals surface area contributed by atoms with Gasteiger partial charge in [0, 0.05) is 6.42 Å². The molecule has 0 radical (unpaired) electrons. The lowest BCUT2D eigenvalue weighted by Gasteiger charge is -2.11. The highest BCUT2D eigenvalue weighted by molar-refractivity contribution is 5.69. The van der Waals surface area contributed by atoms with E-state index in [0.717, 1.165) is 17.5 Å². The average molecular weight is 262 g/mol. The zero-order chi connectivity index (χ0) is 14.1. The van der Waals surface area contributed by atoms with Crippen molar-refractivity contribution in [3.8, 4) is 0 Å². The van der Waals surface area contributed by atoms with Crippen LogP contribution >= 0.6 is 0 Å². The third kappa shape index (κ3) is 5.71. The van der Waals surface area contributed by atoms with E-state index in [1.165, 1.54) is 0 Å². The van der Waals surface area contributed by atoms with E-state index in [0.29, 0.717) is 25.9 Å². The average Bonchev–Trinajstić information content (AvgIpc) is 2.43. The maximum atomic E-state index is 11.3. The van der Waals surface area contributed by atoms with Crippen molar-refractivity contribution in [1.82, 2.24) is 0 Å². The van der Waals surface area contributed by atoms with Gasteiger partial charge < -0.3 is 9.84 Å². The number of aryl methyl sites for hydroxylation is 1. The minimum absolute atomic E-state index is 0.180. The number of benzene rings is 1. The SMILES string of the molecule is C=CCCC(O)c1cccc(CCC(=O)OCC)c1. The van der Waals surface area contributed by atoms with Gasteiger partial charge in [-0.2, -0.15) is 0 Å². The van der Waals surface area contributed by atoms with Crippen molar-refractivity contribution >= 4 is 5.97 Å². The standard InChI is InChI=1S/C16H22O3/c1-3-5-9-15(17)14-8-6-7-13(12-14)10-11-16(18)19-4-2/h3,6-8,12,15,17H,1,4-5,9-11H2,2H3. The van der Waals surface area contributed by atoms with E-state index in [2.05, 4.69) is 6.58 Å². The molecule has 3 heteroatoms. The third-order valence-corrected chi connectivity index (χ3v) is 2.90. The molecule has 0 fully saturated rings. The van der Waals surface area contributed by atoms with Crippen molar-refractivity contribution in [3.63, 3.8) is 0 Å². The molecular formula is C16H22O3. The van der Waals surface area contributed by atoms with Gasteiger partial charge in [-0.1, -0.05) is 30.3 Å². The van der Waals surface area contributed by atoms with Crippen molar-refractivity contribution < 1.29 is 14.6 Å². The van der Waals surface area contributed by atoms with Crippen LogP contribution in [-0.4, -0.2) is 17.7 Å². The Hall–Kier alpha value is -1.61. The van der Waals surface area contributed by atoms with Crippen LogP contribution in [0.1, 0.15) is 43.4 Å². The summed E-state index contributed by atoms with van der Waals surface area (Å²) in [5.74, 6) is -0.180. The van der Waals surface area contributed by atoms with Crippen molar-refractivity contribution in [2.24, 2.45) is 0 Å². The molecule has 0 saturated heterocycles. The number of aliphatic hydroxyl groups excluding tert-OH is 1. The number of rotatable bonds is 8. The fourth-order valence-electron chi connectivity index (χ4n) is 1.88. The van der Waals surface area contributed by atoms with Gasteiger partial charge in [-0.15, -0.1) is 6.58 Å². The van der Waals surface area contributed by atoms with Gasteiger partial charge in [0.1, 0.15) is 0 Å². The van der Waals surface area contributed by atoms with E-state index in [9.17, 15) is 9.90 Å². The Morgan fingerprint density at radius 2 is 2.32 bits per heavy atom. The highest BCUT2D eigenvalue weighted by atomic mass is 16.5. The van der Waals surface area contributed by atoms with E-state index >= 15 is 0 Å². The molecule has 104 valence electrons. The summed E-state index contributed by atoms with van der Waals surface area (Å²) in [6.07, 6.45) is 3.80. The largest absolute Gasteiger partial charge is 0.466 e. The molecule has 3 nitrogen and oxygen atoms in total. The summed E-state index contributed by atoms with van der Waals surface area (Å²) in [4.78, 5) is 11.3. The van der Waals surface area contributed by atoms with E-state index in [1.807, 2.05) is 24.3 Å². The number of esters is 1. The molecule has 0 aliphatic carbocycles. The molecule has 0 bridgehead atoms. The first kappa shape index (κ1) is 15.4. The summed E-state index contributed by atoms with van der Waals surface area (Å²) in [5.41, 5.74) is 1.94. The Balaban J connectivity index is 2.56. The molecule has 1 aromatic rings. The maximum Gasteiger partial charge on any atom is 0.306 e. The Morgan fingerprint density at radius 1 is 1.53 bits per heavy atom. The second-order valence-corrected chi connectivity index (χ2v) is 4.43. The van der Waals surface area contributed by atoms with Crippen molar-refractivity contribution in [1.29, 1.82) is 0 Å². The Labute approximate surface area is 114 Å². The number of ether oxygens (including phenoxy) is 1. The zero-order valence-electron chi connectivity index (χ0n) is 11.5. The first-order valence-corrected chi connectivity index (χ1v) is 6.70. The number of allylic oxidation sites excluding steroid dienone is 1. The number of hydrogen-bond acceptors (Lipinski definition) is 3. The zero-order valence-corrected chi connectivity index (χ0v) is 11.5. The summed E-state index contributed by atoms with van der Waals surface area (Å²) in [7, 11) is 0. The van der Waals surface area contributed by atoms with E-state index < -0.39 is 6.10 Å². The summed E-state index contributed by atoms with van der Waals surface area (Å²) in [5, 5.41) is 10.00. The van der Waals surface area contributed by atoms with Crippen molar-refractivity contribution in [3.05, 3.63) is 48.0 Å². The smallest absolute Gasteiger partial charge is 0.306 e. The molecule has 0 aliphatic heterocycles. The molecular weight excluding hydrogens is 240 g/mol. The fraction of sp³-hybridized carbons (Fsp3) is 0.438. The third-order valence-electron chi connectivity index (χ3n) is 2.90. The van der Waals surface area contributed by atoms with Crippen LogP contribution in [0.3, 0.4) is 0 Å². The van der Waals surface area contributed by atoms with Crippen LogP contribution in [0, 0.1) is 0 Å². The lowest BCUT2D eigenvalue weighted by molar-refractivity contribution is -0.143. The number of hydrogen-bond donors (Lipinski definition) is 1. The van der Waals surface area contributed by atoms with Crippen molar-refractivity contribution in [2.45, 2.75) is 38.7 Å². The quantitative estimate of drug-likeness (QED) is 0.578. The van der Waals surface area contributed by atoms with Crippen LogP contribution in [0.2, 0.25) is 0 Å². The van der Waals surface area contributed by atoms with Gasteiger partial charge in [0.15, 0.2) is 0 Å². The molecule has 0 aromatic heterocycles. The first-order chi connectivity index (χ1) is 9.17. The van der Waals surface area contributed by atoms with Crippen LogP contribution in [-0.2, 0) is 16.0 Å². The molecule has 1 unspecified atom stereocenters. The van der Waals surface area contributed by atoms with Gasteiger partial charge >= 0.3 is 5.97 Å². The molecule has 0 spiro atoms. The van der Waals surface area contributed by atoms with Gasteiger partial charge in [0.2, 0.25) is 0 Å². The predicted octanol–water partition coefficient (Wildman–Crippen LogP) is 3.18. The van der Waals surface area contributed by atoms with Gasteiger partial charge in [0.05, 0.1) is 12.7 Å². The molecule has 1 rings (SSSR count).